The summed E-state index contributed by atoms with van der Waals surface area (Å²) in [6.07, 6.45) is -0.483. The van der Waals surface area contributed by atoms with Gasteiger partial charge in [0.2, 0.25) is 11.8 Å². The van der Waals surface area contributed by atoms with Crippen molar-refractivity contribution < 1.29 is 33.8 Å². The summed E-state index contributed by atoms with van der Waals surface area (Å²) in [6, 6.07) is 17.4. The zero-order valence-electron chi connectivity index (χ0n) is 37.3. The number of nitrogens with one attached hydrogen (secondary N) is 1. The predicted octanol–water partition coefficient (Wildman–Crippen LogP) is 6.01. The normalized spacial score (nSPS) is 17.2. The fraction of sp³-hybridized carbons (Fsp3) is 0.429. The minimum atomic E-state index is -1.27. The standard InChI is InChI=1S/C49H59N7O7/c1-28-23-42(60)45(33-13-16-39(57)36(26-33)37-24-31(10-17-43(37)63-22-21-52)25-38(55-47(28)61)40(58)9-8-19-50)56(7)48(62)34(18-20-51)27-41(59)44-29(2)53-46(54-30(44)3)32-11-14-35(15-12-32)49(4,5)6/h10-17,24,26,28,34,38,45,57H,8-9,18,20-23,25,27,51-52H2,1-7H3,(H,55,61)/t28-,34-,38+,45+/m1/s1. The van der Waals surface area contributed by atoms with Gasteiger partial charge in [0, 0.05) is 67.8 Å². The van der Waals surface area contributed by atoms with Gasteiger partial charge in [-0.15, -0.1) is 0 Å². The molecular weight excluding hydrogens is 799 g/mol. The Balaban J connectivity index is 1.53. The number of ketones is 3. The van der Waals surface area contributed by atoms with E-state index < -0.39 is 41.5 Å². The number of likely N-dealkylation sites (N-methyl/N-ethyl adjacent to an activating group) is 1. The van der Waals surface area contributed by atoms with Crippen LogP contribution in [0.2, 0.25) is 0 Å². The van der Waals surface area contributed by atoms with Gasteiger partial charge >= 0.3 is 0 Å². The van der Waals surface area contributed by atoms with Crippen LogP contribution in [-0.2, 0) is 31.0 Å². The third kappa shape index (κ3) is 11.4. The summed E-state index contributed by atoms with van der Waals surface area (Å²) in [5.74, 6) is -3.44. The van der Waals surface area contributed by atoms with Crippen molar-refractivity contribution in [3.05, 3.63) is 94.3 Å². The van der Waals surface area contributed by atoms with E-state index in [0.29, 0.717) is 45.2 Å². The van der Waals surface area contributed by atoms with E-state index in [0.717, 1.165) is 11.1 Å². The maximum Gasteiger partial charge on any atom is 0.226 e. The maximum atomic E-state index is 14.7. The second-order valence-electron chi connectivity index (χ2n) is 17.4. The molecule has 0 radical (unpaired) electrons. The molecule has 0 saturated carbocycles. The molecule has 1 aliphatic rings. The molecule has 63 heavy (non-hydrogen) atoms. The number of fused-ring (bicyclic) bond motifs is 5. The topological polar surface area (TPSA) is 232 Å². The van der Waals surface area contributed by atoms with Crippen molar-refractivity contribution >= 4 is 29.2 Å². The lowest BCUT2D eigenvalue weighted by molar-refractivity contribution is -0.142. The molecule has 5 rings (SSSR count). The van der Waals surface area contributed by atoms with Crippen LogP contribution in [0.4, 0.5) is 0 Å². The number of aryl methyl sites for hydroxylation is 2. The van der Waals surface area contributed by atoms with Crippen molar-refractivity contribution in [3.63, 3.8) is 0 Å². The molecule has 0 saturated heterocycles. The maximum absolute atomic E-state index is 14.7. The van der Waals surface area contributed by atoms with E-state index in [9.17, 15) is 34.3 Å². The first kappa shape index (κ1) is 47.7. The minimum Gasteiger partial charge on any atom is -0.507 e. The molecule has 2 amide bonds. The van der Waals surface area contributed by atoms with Crippen LogP contribution in [0.25, 0.3) is 22.5 Å². The number of amides is 2. The number of hydrogen-bond acceptors (Lipinski definition) is 12. The second kappa shape index (κ2) is 20.7. The smallest absolute Gasteiger partial charge is 0.226 e. The Morgan fingerprint density at radius 2 is 1.65 bits per heavy atom. The first-order valence-electron chi connectivity index (χ1n) is 21.4. The van der Waals surface area contributed by atoms with Crippen molar-refractivity contribution in [2.24, 2.45) is 23.3 Å². The summed E-state index contributed by atoms with van der Waals surface area (Å²) in [5.41, 5.74) is 16.7. The van der Waals surface area contributed by atoms with Gasteiger partial charge in [-0.25, -0.2) is 9.97 Å². The molecule has 4 bridgehead atoms. The number of rotatable bonds is 14. The number of phenolic OH excluding ortho intramolecular Hbond substituents is 1. The van der Waals surface area contributed by atoms with Gasteiger partial charge in [-0.3, -0.25) is 24.0 Å². The number of benzene rings is 3. The van der Waals surface area contributed by atoms with Crippen molar-refractivity contribution in [3.8, 4) is 40.1 Å². The van der Waals surface area contributed by atoms with Gasteiger partial charge < -0.3 is 31.5 Å². The Hall–Kier alpha value is -6.30. The van der Waals surface area contributed by atoms with Crippen LogP contribution in [0, 0.1) is 37.0 Å². The highest BCUT2D eigenvalue weighted by Gasteiger charge is 2.36. The largest absolute Gasteiger partial charge is 0.507 e. The molecule has 4 aromatic rings. The predicted molar refractivity (Wildman–Crippen MR) is 240 cm³/mol. The quantitative estimate of drug-likeness (QED) is 0.107. The molecule has 14 heteroatoms. The summed E-state index contributed by atoms with van der Waals surface area (Å²) in [6.45, 7) is 11.9. The number of ether oxygens (including phenoxy) is 1. The van der Waals surface area contributed by atoms with E-state index >= 15 is 0 Å². The van der Waals surface area contributed by atoms with Crippen LogP contribution in [0.3, 0.4) is 0 Å². The molecule has 2 heterocycles. The molecule has 1 aliphatic heterocycles. The van der Waals surface area contributed by atoms with Crippen molar-refractivity contribution in [1.82, 2.24) is 20.2 Å². The van der Waals surface area contributed by atoms with E-state index in [1.165, 1.54) is 18.0 Å². The summed E-state index contributed by atoms with van der Waals surface area (Å²) in [7, 11) is 1.47. The van der Waals surface area contributed by atoms with E-state index in [-0.39, 0.29) is 86.5 Å². The fourth-order valence-electron chi connectivity index (χ4n) is 8.05. The Labute approximate surface area is 369 Å². The van der Waals surface area contributed by atoms with Crippen LogP contribution < -0.4 is 21.5 Å². The minimum absolute atomic E-state index is 0.0304. The van der Waals surface area contributed by atoms with Crippen LogP contribution in [0.15, 0.2) is 60.7 Å². The van der Waals surface area contributed by atoms with Gasteiger partial charge in [0.25, 0.3) is 0 Å². The molecule has 6 N–H and O–H groups in total. The molecule has 0 fully saturated rings. The lowest BCUT2D eigenvalue weighted by atomic mass is 9.86. The summed E-state index contributed by atoms with van der Waals surface area (Å²) in [4.78, 5) is 81.1. The molecule has 1 aromatic heterocycles. The Morgan fingerprint density at radius 3 is 2.27 bits per heavy atom. The second-order valence-corrected chi connectivity index (χ2v) is 17.4. The zero-order valence-corrected chi connectivity index (χ0v) is 37.3. The number of carbonyl (C=O) groups is 5. The van der Waals surface area contributed by atoms with Gasteiger partial charge in [-0.2, -0.15) is 5.26 Å². The van der Waals surface area contributed by atoms with E-state index in [1.54, 1.807) is 51.1 Å². The van der Waals surface area contributed by atoms with Crippen molar-refractivity contribution in [1.29, 1.82) is 5.26 Å². The SMILES string of the molecule is Cc1nc(-c2ccc(C(C)(C)C)cc2)nc(C)c1C(=O)C[C@@H](CCN)C(=O)N(C)[C@@H]1C(=O)C[C@@H](C)C(=O)N[C@H](C(=O)CCC#N)Cc2ccc(OCCN)c(c2)-c2cc1ccc2O. The number of aromatic nitrogens is 2. The number of aromatic hydroxyl groups is 1. The van der Waals surface area contributed by atoms with Gasteiger partial charge in [-0.05, 0) is 79.6 Å². The molecule has 332 valence electrons. The van der Waals surface area contributed by atoms with Gasteiger partial charge in [0.05, 0.1) is 29.1 Å². The molecule has 3 aromatic carbocycles. The summed E-state index contributed by atoms with van der Waals surface area (Å²) < 4.78 is 5.98. The Bertz CT molecular complexity index is 2380. The van der Waals surface area contributed by atoms with E-state index in [2.05, 4.69) is 26.1 Å². The van der Waals surface area contributed by atoms with Crippen LogP contribution >= 0.6 is 0 Å². The average Bonchev–Trinajstić information content (AvgIpc) is 3.24. The highest BCUT2D eigenvalue weighted by atomic mass is 16.5. The number of hydrogen-bond donors (Lipinski definition) is 4. The molecular formula is C49H59N7O7. The van der Waals surface area contributed by atoms with E-state index in [4.69, 9.17) is 26.2 Å². The van der Waals surface area contributed by atoms with Gasteiger partial charge in [0.15, 0.2) is 23.2 Å². The molecule has 14 nitrogen and oxygen atoms in total. The van der Waals surface area contributed by atoms with Crippen LogP contribution in [-0.4, -0.2) is 81.9 Å². The monoisotopic (exact) mass is 857 g/mol. The van der Waals surface area contributed by atoms with Crippen LogP contribution in [0.5, 0.6) is 11.5 Å². The molecule has 0 aliphatic carbocycles. The van der Waals surface area contributed by atoms with E-state index in [1.807, 2.05) is 30.3 Å². The van der Waals surface area contributed by atoms with Crippen LogP contribution in [0.1, 0.15) is 104 Å². The number of nitrogens with zero attached hydrogens (tertiary/aromatic N) is 4. The Kier molecular flexibility index (Phi) is 15.7. The third-order valence-electron chi connectivity index (χ3n) is 11.5. The zero-order chi connectivity index (χ0) is 46.2. The number of nitriles is 1. The lowest BCUT2D eigenvalue weighted by Gasteiger charge is -2.32. The molecule has 0 unspecified atom stereocenters. The van der Waals surface area contributed by atoms with Crippen molar-refractivity contribution in [2.45, 2.75) is 97.6 Å². The first-order valence-corrected chi connectivity index (χ1v) is 21.4. The highest BCUT2D eigenvalue weighted by Crippen LogP contribution is 2.40. The number of phenols is 1. The average molecular weight is 858 g/mol. The lowest BCUT2D eigenvalue weighted by Crippen LogP contribution is -2.46. The Morgan fingerprint density at radius 1 is 0.968 bits per heavy atom. The number of Topliss-reactive ketones (excluding diaryl/α,β-unsaturated/α-hetero) is 3. The van der Waals surface area contributed by atoms with Gasteiger partial charge in [-0.1, -0.05) is 64.1 Å². The molecule has 0 spiro atoms. The molecule has 4 atom stereocenters. The first-order chi connectivity index (χ1) is 29.9. The fourth-order valence-corrected chi connectivity index (χ4v) is 8.05. The third-order valence-corrected chi connectivity index (χ3v) is 11.5. The summed E-state index contributed by atoms with van der Waals surface area (Å²) in [5, 5.41) is 23.3. The van der Waals surface area contributed by atoms with Crippen molar-refractivity contribution in [2.75, 3.05) is 26.7 Å². The van der Waals surface area contributed by atoms with Gasteiger partial charge in [0.1, 0.15) is 24.1 Å². The highest BCUT2D eigenvalue weighted by molar-refractivity contribution is 6.01. The number of nitrogens with two attached hydrogens (primary N) is 2. The number of carbonyl (C=O) groups excluding carboxylic acids is 5. The summed E-state index contributed by atoms with van der Waals surface area (Å²) >= 11 is 0.